The van der Waals surface area contributed by atoms with Crippen LogP contribution in [0.3, 0.4) is 0 Å². The van der Waals surface area contributed by atoms with Crippen molar-refractivity contribution in [2.75, 3.05) is 13.2 Å². The highest BCUT2D eigenvalue weighted by Gasteiger charge is 2.47. The number of aliphatic hydroxyl groups excluding tert-OH is 1. The van der Waals surface area contributed by atoms with Crippen molar-refractivity contribution in [2.45, 2.75) is 68.2 Å². The highest BCUT2D eigenvalue weighted by molar-refractivity contribution is 5.34. The van der Waals surface area contributed by atoms with Gasteiger partial charge in [0.15, 0.2) is 5.79 Å². The Balaban J connectivity index is 1.58. The van der Waals surface area contributed by atoms with Gasteiger partial charge in [-0.3, -0.25) is 0 Å². The maximum atomic E-state index is 13.2. The summed E-state index contributed by atoms with van der Waals surface area (Å²) in [4.78, 5) is 0. The molecule has 3 nitrogen and oxygen atoms in total. The quantitative estimate of drug-likeness (QED) is 0.504. The lowest BCUT2D eigenvalue weighted by atomic mass is 9.64. The summed E-state index contributed by atoms with van der Waals surface area (Å²) in [5.74, 6) is -0.647. The van der Waals surface area contributed by atoms with Gasteiger partial charge in [-0.15, -0.1) is 0 Å². The number of alkyl halides is 6. The number of rotatable bonds is 5. The molecule has 9 heteroatoms. The Bertz CT molecular complexity index is 938. The Morgan fingerprint density at radius 2 is 1.32 bits per heavy atom. The molecule has 2 aromatic carbocycles. The van der Waals surface area contributed by atoms with Crippen LogP contribution in [0, 0.1) is 0 Å². The minimum absolute atomic E-state index is 0.101. The zero-order valence-corrected chi connectivity index (χ0v) is 18.4. The van der Waals surface area contributed by atoms with Crippen LogP contribution >= 0.6 is 0 Å². The standard InChI is InChI=1S/C25H26F6O3/c26-24(27,28)19-12-17(13-20(15-19)25(29,30)31)14-21(32)16-22(18-4-2-1-3-5-18)6-8-23(9-7-22)33-10-11-34-23/h1-5,12-13,15,21,32H,6-11,14,16H2/t21-/m0/s1. The van der Waals surface area contributed by atoms with Gasteiger partial charge < -0.3 is 14.6 Å². The third-order valence-corrected chi connectivity index (χ3v) is 6.91. The van der Waals surface area contributed by atoms with Gasteiger partial charge in [-0.25, -0.2) is 0 Å². The molecule has 1 heterocycles. The van der Waals surface area contributed by atoms with Gasteiger partial charge in [0.25, 0.3) is 0 Å². The fourth-order valence-electron chi connectivity index (χ4n) is 5.23. The van der Waals surface area contributed by atoms with E-state index in [1.165, 1.54) is 0 Å². The lowest BCUT2D eigenvalue weighted by Crippen LogP contribution is -2.44. The summed E-state index contributed by atoms with van der Waals surface area (Å²) in [7, 11) is 0. The number of hydrogen-bond acceptors (Lipinski definition) is 3. The van der Waals surface area contributed by atoms with Gasteiger partial charge >= 0.3 is 12.4 Å². The molecule has 34 heavy (non-hydrogen) atoms. The largest absolute Gasteiger partial charge is 0.416 e. The van der Waals surface area contributed by atoms with Crippen LogP contribution in [-0.2, 0) is 33.7 Å². The monoisotopic (exact) mass is 488 g/mol. The van der Waals surface area contributed by atoms with E-state index >= 15 is 0 Å². The molecule has 186 valence electrons. The summed E-state index contributed by atoms with van der Waals surface area (Å²) in [5, 5.41) is 10.9. The summed E-state index contributed by atoms with van der Waals surface area (Å²) in [6.07, 6.45) is -8.69. The second kappa shape index (κ2) is 9.17. The first-order valence-corrected chi connectivity index (χ1v) is 11.2. The van der Waals surface area contributed by atoms with Crippen LogP contribution in [0.15, 0.2) is 48.5 Å². The Labute approximate surface area is 193 Å². The molecule has 0 amide bonds. The second-order valence-corrected chi connectivity index (χ2v) is 9.23. The van der Waals surface area contributed by atoms with Crippen molar-refractivity contribution < 1.29 is 40.9 Å². The fraction of sp³-hybridized carbons (Fsp3) is 0.520. The van der Waals surface area contributed by atoms with E-state index in [1.54, 1.807) is 0 Å². The van der Waals surface area contributed by atoms with Gasteiger partial charge in [0.05, 0.1) is 30.4 Å². The molecule has 0 aromatic heterocycles. The van der Waals surface area contributed by atoms with Crippen molar-refractivity contribution >= 4 is 0 Å². The van der Waals surface area contributed by atoms with Gasteiger partial charge in [-0.05, 0) is 60.4 Å². The van der Waals surface area contributed by atoms with Crippen molar-refractivity contribution in [1.29, 1.82) is 0 Å². The Morgan fingerprint density at radius 3 is 1.82 bits per heavy atom. The van der Waals surface area contributed by atoms with E-state index in [0.717, 1.165) is 5.56 Å². The molecule has 2 fully saturated rings. The number of benzene rings is 2. The summed E-state index contributed by atoms with van der Waals surface area (Å²) >= 11 is 0. The molecule has 1 aliphatic heterocycles. The van der Waals surface area contributed by atoms with Crippen LogP contribution in [0.4, 0.5) is 26.3 Å². The fourth-order valence-corrected chi connectivity index (χ4v) is 5.23. The zero-order valence-electron chi connectivity index (χ0n) is 18.4. The molecule has 0 bridgehead atoms. The van der Waals surface area contributed by atoms with Crippen molar-refractivity contribution in [3.63, 3.8) is 0 Å². The van der Waals surface area contributed by atoms with Gasteiger partial charge in [0.1, 0.15) is 0 Å². The lowest BCUT2D eigenvalue weighted by Gasteiger charge is -2.45. The van der Waals surface area contributed by atoms with Gasteiger partial charge in [0, 0.05) is 12.8 Å². The maximum Gasteiger partial charge on any atom is 0.416 e. The van der Waals surface area contributed by atoms with Crippen molar-refractivity contribution in [2.24, 2.45) is 0 Å². The van der Waals surface area contributed by atoms with Crippen LogP contribution < -0.4 is 0 Å². The highest BCUT2D eigenvalue weighted by atomic mass is 19.4. The van der Waals surface area contributed by atoms with E-state index < -0.39 is 40.8 Å². The topological polar surface area (TPSA) is 38.7 Å². The predicted molar refractivity (Wildman–Crippen MR) is 112 cm³/mol. The van der Waals surface area contributed by atoms with Crippen molar-refractivity contribution in [1.82, 2.24) is 0 Å². The van der Waals surface area contributed by atoms with E-state index in [2.05, 4.69) is 0 Å². The minimum atomic E-state index is -4.93. The van der Waals surface area contributed by atoms with E-state index in [-0.39, 0.29) is 24.5 Å². The van der Waals surface area contributed by atoms with E-state index in [0.29, 0.717) is 51.0 Å². The van der Waals surface area contributed by atoms with Crippen LogP contribution in [0.5, 0.6) is 0 Å². The van der Waals surface area contributed by atoms with E-state index in [9.17, 15) is 31.4 Å². The minimum Gasteiger partial charge on any atom is -0.393 e. The molecular weight excluding hydrogens is 462 g/mol. The number of ether oxygens (including phenoxy) is 2. The third-order valence-electron chi connectivity index (χ3n) is 6.91. The van der Waals surface area contributed by atoms with Crippen LogP contribution in [0.2, 0.25) is 0 Å². The molecule has 1 saturated carbocycles. The molecule has 1 aliphatic carbocycles. The number of halogens is 6. The second-order valence-electron chi connectivity index (χ2n) is 9.23. The highest BCUT2D eigenvalue weighted by Crippen LogP contribution is 2.49. The SMILES string of the molecule is O[C@@H](Cc1cc(C(F)(F)F)cc(C(F)(F)F)c1)CC1(c2ccccc2)CCC2(CC1)OCCO2. The maximum absolute atomic E-state index is 13.2. The first kappa shape index (κ1) is 25.0. The Kier molecular flexibility index (Phi) is 6.74. The first-order valence-electron chi connectivity index (χ1n) is 11.2. The van der Waals surface area contributed by atoms with Crippen LogP contribution in [-0.4, -0.2) is 30.2 Å². The summed E-state index contributed by atoms with van der Waals surface area (Å²) in [5.41, 5.74) is -2.47. The molecule has 1 N–H and O–H groups in total. The third kappa shape index (κ3) is 5.42. The van der Waals surface area contributed by atoms with Crippen molar-refractivity contribution in [3.8, 4) is 0 Å². The molecule has 2 aromatic rings. The molecule has 4 rings (SSSR count). The number of aliphatic hydroxyl groups is 1. The molecular formula is C25H26F6O3. The summed E-state index contributed by atoms with van der Waals surface area (Å²) < 4.78 is 90.9. The molecule has 1 atom stereocenters. The lowest BCUT2D eigenvalue weighted by molar-refractivity contribution is -0.186. The van der Waals surface area contributed by atoms with Crippen LogP contribution in [0.25, 0.3) is 0 Å². The number of hydrogen-bond donors (Lipinski definition) is 1. The summed E-state index contributed by atoms with van der Waals surface area (Å²) in [6, 6.07) is 11.0. The van der Waals surface area contributed by atoms with Gasteiger partial charge in [0.2, 0.25) is 0 Å². The van der Waals surface area contributed by atoms with E-state index in [4.69, 9.17) is 9.47 Å². The predicted octanol–water partition coefficient (Wildman–Crippen LogP) is 6.27. The average molecular weight is 488 g/mol. The smallest absolute Gasteiger partial charge is 0.393 e. The Hall–Kier alpha value is -2.10. The van der Waals surface area contributed by atoms with Crippen LogP contribution in [0.1, 0.15) is 54.4 Å². The average Bonchev–Trinajstić information content (AvgIpc) is 3.23. The van der Waals surface area contributed by atoms with E-state index in [1.807, 2.05) is 30.3 Å². The zero-order chi connectivity index (χ0) is 24.6. The summed E-state index contributed by atoms with van der Waals surface area (Å²) in [6.45, 7) is 1.02. The molecule has 0 unspecified atom stereocenters. The molecule has 2 aliphatic rings. The molecule has 0 radical (unpaired) electrons. The van der Waals surface area contributed by atoms with Gasteiger partial charge in [-0.2, -0.15) is 26.3 Å². The van der Waals surface area contributed by atoms with Gasteiger partial charge in [-0.1, -0.05) is 30.3 Å². The van der Waals surface area contributed by atoms with Crippen molar-refractivity contribution in [3.05, 3.63) is 70.8 Å². The Morgan fingerprint density at radius 1 is 0.794 bits per heavy atom. The molecule has 1 saturated heterocycles. The normalized spacial score (nSPS) is 21.0. The molecule has 1 spiro atoms. The first-order chi connectivity index (χ1) is 15.9.